The Bertz CT molecular complexity index is 1470. The highest BCUT2D eigenvalue weighted by molar-refractivity contribution is 14.1. The first kappa shape index (κ1) is 21.2. The van der Waals surface area contributed by atoms with Gasteiger partial charge >= 0.3 is 5.69 Å². The molecule has 1 aromatic carbocycles. The smallest absolute Gasteiger partial charge is 0.296 e. The Balaban J connectivity index is 2.71. The first-order valence-corrected chi connectivity index (χ1v) is 11.1. The van der Waals surface area contributed by atoms with Crippen molar-refractivity contribution in [3.05, 3.63) is 64.3 Å². The summed E-state index contributed by atoms with van der Waals surface area (Å²) in [6.45, 7) is 1.36. The third kappa shape index (κ3) is 3.50. The van der Waals surface area contributed by atoms with E-state index in [2.05, 4.69) is 4.72 Å². The number of nitrogens with zero attached hydrogens (tertiary/aromatic N) is 3. The monoisotopic (exact) mass is 534 g/mol. The van der Waals surface area contributed by atoms with Crippen molar-refractivity contribution in [2.24, 2.45) is 14.1 Å². The van der Waals surface area contributed by atoms with E-state index in [0.717, 1.165) is 20.0 Å². The van der Waals surface area contributed by atoms with E-state index in [1.165, 1.54) is 33.2 Å². The van der Waals surface area contributed by atoms with Crippen LogP contribution in [-0.2, 0) is 24.1 Å². The van der Waals surface area contributed by atoms with Crippen LogP contribution in [-0.4, -0.2) is 28.4 Å². The summed E-state index contributed by atoms with van der Waals surface area (Å²) in [5.74, 6) is -0.746. The zero-order valence-corrected chi connectivity index (χ0v) is 18.8. The molecule has 3 rings (SSSR count). The van der Waals surface area contributed by atoms with Gasteiger partial charge in [0.15, 0.2) is 0 Å². The molecule has 9 nitrogen and oxygen atoms in total. The summed E-state index contributed by atoms with van der Waals surface area (Å²) in [6, 6.07) is 4.10. The number of aryl methyl sites for hydroxylation is 1. The lowest BCUT2D eigenvalue weighted by molar-refractivity contribution is 0.606. The molecular formula is C17H16FIN4O5S. The van der Waals surface area contributed by atoms with Gasteiger partial charge in [-0.05, 0) is 47.7 Å². The number of benzene rings is 1. The fraction of sp³-hybridized carbons (Fsp3) is 0.235. The van der Waals surface area contributed by atoms with Crippen LogP contribution >= 0.6 is 22.6 Å². The largest absolute Gasteiger partial charge is 0.337 e. The van der Waals surface area contributed by atoms with Crippen molar-refractivity contribution in [3.63, 3.8) is 0 Å². The Kier molecular flexibility index (Phi) is 5.19. The van der Waals surface area contributed by atoms with Crippen LogP contribution in [0.5, 0.6) is 0 Å². The number of rotatable bonds is 3. The van der Waals surface area contributed by atoms with Crippen LogP contribution in [0.2, 0.25) is 0 Å². The molecule has 0 bridgehead atoms. The number of anilines is 1. The summed E-state index contributed by atoms with van der Waals surface area (Å²) < 4.78 is 43.8. The lowest BCUT2D eigenvalue weighted by Gasteiger charge is -2.19. The summed E-state index contributed by atoms with van der Waals surface area (Å²) in [5.41, 5.74) is -3.03. The standard InChI is InChI=1S/C17H16FIN4O5S/c1-8-13(20-29(4,27)28)12-14(21(2)15(8)24)23(17(26)22(3)16(12)25)11-6-5-9(19)7-10(11)18/h5-7,20H,1-4H3. The third-order valence-corrected chi connectivity index (χ3v) is 5.68. The van der Waals surface area contributed by atoms with Gasteiger partial charge in [-0.2, -0.15) is 0 Å². The van der Waals surface area contributed by atoms with E-state index in [1.807, 2.05) is 22.6 Å². The first-order chi connectivity index (χ1) is 13.3. The molecule has 0 fully saturated rings. The fourth-order valence-electron chi connectivity index (χ4n) is 3.07. The first-order valence-electron chi connectivity index (χ1n) is 8.13. The molecule has 0 aliphatic carbocycles. The van der Waals surface area contributed by atoms with Gasteiger partial charge in [-0.25, -0.2) is 22.2 Å². The van der Waals surface area contributed by atoms with Crippen LogP contribution in [0.1, 0.15) is 5.56 Å². The van der Waals surface area contributed by atoms with Gasteiger partial charge in [0.05, 0.1) is 17.6 Å². The maximum atomic E-state index is 14.7. The Morgan fingerprint density at radius 3 is 2.24 bits per heavy atom. The van der Waals surface area contributed by atoms with Crippen LogP contribution in [0.4, 0.5) is 10.1 Å². The van der Waals surface area contributed by atoms with Crippen LogP contribution in [0, 0.1) is 16.3 Å². The van der Waals surface area contributed by atoms with E-state index in [9.17, 15) is 27.2 Å². The Morgan fingerprint density at radius 2 is 1.69 bits per heavy atom. The molecule has 29 heavy (non-hydrogen) atoms. The van der Waals surface area contributed by atoms with E-state index in [0.29, 0.717) is 3.57 Å². The molecule has 154 valence electrons. The highest BCUT2D eigenvalue weighted by Gasteiger charge is 2.24. The van der Waals surface area contributed by atoms with Gasteiger partial charge < -0.3 is 0 Å². The predicted octanol–water partition coefficient (Wildman–Crippen LogP) is 0.812. The molecule has 0 spiro atoms. The number of aromatic nitrogens is 3. The average molecular weight is 534 g/mol. The molecule has 0 aliphatic heterocycles. The maximum Gasteiger partial charge on any atom is 0.337 e. The van der Waals surface area contributed by atoms with Crippen LogP contribution in [0.15, 0.2) is 32.6 Å². The van der Waals surface area contributed by atoms with E-state index >= 15 is 0 Å². The van der Waals surface area contributed by atoms with Gasteiger partial charge in [0.25, 0.3) is 11.1 Å². The highest BCUT2D eigenvalue weighted by Crippen LogP contribution is 2.24. The minimum atomic E-state index is -3.86. The van der Waals surface area contributed by atoms with Crippen LogP contribution in [0.25, 0.3) is 16.7 Å². The highest BCUT2D eigenvalue weighted by atomic mass is 127. The van der Waals surface area contributed by atoms with Gasteiger partial charge in [0, 0.05) is 23.2 Å². The molecule has 0 unspecified atom stereocenters. The number of hydrogen-bond acceptors (Lipinski definition) is 5. The van der Waals surface area contributed by atoms with E-state index < -0.39 is 32.6 Å². The molecule has 3 aromatic rings. The average Bonchev–Trinajstić information content (AvgIpc) is 2.61. The second kappa shape index (κ2) is 7.09. The molecule has 2 aromatic heterocycles. The molecule has 0 aliphatic rings. The minimum absolute atomic E-state index is 0.0317. The number of pyridine rings is 1. The second-order valence-electron chi connectivity index (χ2n) is 6.51. The molecule has 0 atom stereocenters. The normalized spacial score (nSPS) is 11.8. The van der Waals surface area contributed by atoms with Gasteiger partial charge in [-0.15, -0.1) is 0 Å². The van der Waals surface area contributed by atoms with Crippen molar-refractivity contribution < 1.29 is 12.8 Å². The maximum absolute atomic E-state index is 14.7. The zero-order chi connectivity index (χ0) is 21.8. The Hall–Kier alpha value is -2.48. The molecule has 2 heterocycles. The van der Waals surface area contributed by atoms with E-state index in [-0.39, 0.29) is 28.0 Å². The SMILES string of the molecule is Cc1c(NS(C)(=O)=O)c2c(=O)n(C)c(=O)n(-c3ccc(I)cc3F)c2n(C)c1=O. The Morgan fingerprint density at radius 1 is 1.07 bits per heavy atom. The predicted molar refractivity (Wildman–Crippen MR) is 116 cm³/mol. The number of fused-ring (bicyclic) bond motifs is 1. The number of halogens is 2. The summed E-state index contributed by atoms with van der Waals surface area (Å²) >= 11 is 1.90. The minimum Gasteiger partial charge on any atom is -0.296 e. The number of sulfonamides is 1. The molecule has 0 saturated heterocycles. The topological polar surface area (TPSA) is 112 Å². The number of nitrogens with one attached hydrogen (secondary N) is 1. The van der Waals surface area contributed by atoms with Crippen molar-refractivity contribution >= 4 is 49.3 Å². The quantitative estimate of drug-likeness (QED) is 0.501. The van der Waals surface area contributed by atoms with Crippen LogP contribution in [0.3, 0.4) is 0 Å². The molecule has 1 N–H and O–H groups in total. The van der Waals surface area contributed by atoms with Crippen molar-refractivity contribution in [1.29, 1.82) is 0 Å². The Labute approximate surface area is 177 Å². The van der Waals surface area contributed by atoms with Gasteiger partial charge in [0.2, 0.25) is 10.0 Å². The summed E-state index contributed by atoms with van der Waals surface area (Å²) in [5, 5.41) is -0.227. The van der Waals surface area contributed by atoms with E-state index in [1.54, 1.807) is 6.07 Å². The van der Waals surface area contributed by atoms with E-state index in [4.69, 9.17) is 0 Å². The molecule has 12 heteroatoms. The molecular weight excluding hydrogens is 518 g/mol. The summed E-state index contributed by atoms with van der Waals surface area (Å²) in [6.07, 6.45) is 0.870. The van der Waals surface area contributed by atoms with Crippen molar-refractivity contribution in [3.8, 4) is 5.69 Å². The van der Waals surface area contributed by atoms with Crippen LogP contribution < -0.4 is 21.5 Å². The molecule has 0 radical (unpaired) electrons. The van der Waals surface area contributed by atoms with Gasteiger partial charge in [-0.3, -0.25) is 23.4 Å². The molecule has 0 amide bonds. The fourth-order valence-corrected chi connectivity index (χ4v) is 4.15. The lowest BCUT2D eigenvalue weighted by atomic mass is 10.1. The zero-order valence-electron chi connectivity index (χ0n) is 15.8. The summed E-state index contributed by atoms with van der Waals surface area (Å²) in [4.78, 5) is 38.5. The van der Waals surface area contributed by atoms with Gasteiger partial charge in [-0.1, -0.05) is 0 Å². The van der Waals surface area contributed by atoms with Crippen molar-refractivity contribution in [1.82, 2.24) is 13.7 Å². The molecule has 0 saturated carbocycles. The van der Waals surface area contributed by atoms with Crippen molar-refractivity contribution in [2.45, 2.75) is 6.92 Å². The third-order valence-electron chi connectivity index (χ3n) is 4.44. The van der Waals surface area contributed by atoms with Gasteiger partial charge in [0.1, 0.15) is 16.9 Å². The second-order valence-corrected chi connectivity index (χ2v) is 9.51. The number of hydrogen-bond donors (Lipinski definition) is 1. The van der Waals surface area contributed by atoms with Crippen molar-refractivity contribution in [2.75, 3.05) is 11.0 Å². The lowest BCUT2D eigenvalue weighted by Crippen LogP contribution is -2.41. The summed E-state index contributed by atoms with van der Waals surface area (Å²) in [7, 11) is -1.35.